The number of amides is 1. The highest BCUT2D eigenvalue weighted by atomic mass is 16.5. The van der Waals surface area contributed by atoms with Gasteiger partial charge in [0.05, 0.1) is 7.11 Å². The first-order valence-electron chi connectivity index (χ1n) is 7.38. The lowest BCUT2D eigenvalue weighted by Crippen LogP contribution is -2.19. The Morgan fingerprint density at radius 3 is 2.39 bits per heavy atom. The minimum absolute atomic E-state index is 0.159. The van der Waals surface area contributed by atoms with E-state index in [2.05, 4.69) is 10.3 Å². The predicted molar refractivity (Wildman–Crippen MR) is 91.6 cm³/mol. The predicted octanol–water partition coefficient (Wildman–Crippen LogP) is 3.72. The van der Waals surface area contributed by atoms with Crippen LogP contribution in [0.5, 0.6) is 5.75 Å². The average molecular weight is 306 g/mol. The lowest BCUT2D eigenvalue weighted by Gasteiger charge is -2.11. The molecule has 0 fully saturated rings. The van der Waals surface area contributed by atoms with E-state index in [0.29, 0.717) is 5.69 Å². The summed E-state index contributed by atoms with van der Waals surface area (Å²) in [5.41, 5.74) is 4.26. The quantitative estimate of drug-likeness (QED) is 0.772. The maximum atomic E-state index is 12.3. The van der Waals surface area contributed by atoms with Crippen molar-refractivity contribution in [2.24, 2.45) is 0 Å². The number of para-hydroxylation sites is 1. The number of carbonyl (C=O) groups is 1. The van der Waals surface area contributed by atoms with E-state index in [1.54, 1.807) is 14.2 Å². The fourth-order valence-corrected chi connectivity index (χ4v) is 2.70. The Kier molecular flexibility index (Phi) is 4.15. The van der Waals surface area contributed by atoms with Gasteiger partial charge in [0.15, 0.2) is 0 Å². The van der Waals surface area contributed by atoms with Crippen molar-refractivity contribution >= 4 is 5.91 Å². The van der Waals surface area contributed by atoms with E-state index >= 15 is 0 Å². The normalized spacial score (nSPS) is 10.3. The van der Waals surface area contributed by atoms with Crippen LogP contribution < -0.4 is 10.1 Å². The molecule has 0 aliphatic carbocycles. The fourth-order valence-electron chi connectivity index (χ4n) is 2.70. The second-order valence-corrected chi connectivity index (χ2v) is 5.10. The molecular weight excluding hydrogens is 288 g/mol. The molecule has 2 aromatic carbocycles. The molecule has 0 radical (unpaired) electrons. The SMILES string of the molecule is CNC(=O)c1[nH]cc(-c2ccccc2)c1-c1ccccc1OC. The van der Waals surface area contributed by atoms with E-state index in [1.807, 2.05) is 60.8 Å². The van der Waals surface area contributed by atoms with Gasteiger partial charge in [-0.2, -0.15) is 0 Å². The molecule has 2 N–H and O–H groups in total. The zero-order valence-electron chi connectivity index (χ0n) is 13.1. The van der Waals surface area contributed by atoms with E-state index in [9.17, 15) is 4.79 Å². The highest BCUT2D eigenvalue weighted by Crippen LogP contribution is 2.39. The Labute approximate surface area is 135 Å². The number of ether oxygens (including phenoxy) is 1. The molecule has 1 heterocycles. The Morgan fingerprint density at radius 2 is 1.70 bits per heavy atom. The summed E-state index contributed by atoms with van der Waals surface area (Å²) in [4.78, 5) is 15.4. The molecule has 4 heteroatoms. The minimum Gasteiger partial charge on any atom is -0.496 e. The molecule has 3 aromatic rings. The first-order valence-corrected chi connectivity index (χ1v) is 7.38. The van der Waals surface area contributed by atoms with Crippen molar-refractivity contribution < 1.29 is 9.53 Å². The molecule has 1 aromatic heterocycles. The van der Waals surface area contributed by atoms with Crippen molar-refractivity contribution in [3.8, 4) is 28.0 Å². The molecule has 3 rings (SSSR count). The Bertz CT molecular complexity index is 822. The minimum atomic E-state index is -0.159. The summed E-state index contributed by atoms with van der Waals surface area (Å²) in [5.74, 6) is 0.572. The summed E-state index contributed by atoms with van der Waals surface area (Å²) < 4.78 is 5.48. The molecule has 1 amide bonds. The van der Waals surface area contributed by atoms with Crippen LogP contribution in [0, 0.1) is 0 Å². The van der Waals surface area contributed by atoms with Crippen LogP contribution in [0.15, 0.2) is 60.8 Å². The van der Waals surface area contributed by atoms with Gasteiger partial charge in [0.1, 0.15) is 11.4 Å². The van der Waals surface area contributed by atoms with Gasteiger partial charge >= 0.3 is 0 Å². The van der Waals surface area contributed by atoms with Crippen LogP contribution >= 0.6 is 0 Å². The molecule has 116 valence electrons. The van der Waals surface area contributed by atoms with Gasteiger partial charge in [0.2, 0.25) is 0 Å². The van der Waals surface area contributed by atoms with Gasteiger partial charge in [0.25, 0.3) is 5.91 Å². The highest BCUT2D eigenvalue weighted by molar-refractivity contribution is 6.04. The second-order valence-electron chi connectivity index (χ2n) is 5.10. The van der Waals surface area contributed by atoms with Crippen LogP contribution in [0.3, 0.4) is 0 Å². The number of hydrogen-bond acceptors (Lipinski definition) is 2. The Morgan fingerprint density at radius 1 is 1.00 bits per heavy atom. The van der Waals surface area contributed by atoms with Crippen molar-refractivity contribution in [2.75, 3.05) is 14.2 Å². The number of rotatable bonds is 4. The number of hydrogen-bond donors (Lipinski definition) is 2. The van der Waals surface area contributed by atoms with Crippen molar-refractivity contribution in [1.82, 2.24) is 10.3 Å². The first-order chi connectivity index (χ1) is 11.3. The lowest BCUT2D eigenvalue weighted by atomic mass is 9.96. The molecule has 0 aliphatic heterocycles. The van der Waals surface area contributed by atoms with E-state index in [-0.39, 0.29) is 5.91 Å². The van der Waals surface area contributed by atoms with Crippen LogP contribution in [-0.4, -0.2) is 25.0 Å². The molecule has 0 saturated heterocycles. The van der Waals surface area contributed by atoms with Gasteiger partial charge in [0, 0.05) is 29.9 Å². The van der Waals surface area contributed by atoms with Gasteiger partial charge in [-0.25, -0.2) is 0 Å². The molecule has 4 nitrogen and oxygen atoms in total. The van der Waals surface area contributed by atoms with Gasteiger partial charge in [-0.05, 0) is 11.6 Å². The molecule has 0 spiro atoms. The number of benzene rings is 2. The standard InChI is InChI=1S/C19H18N2O2/c1-20-19(22)18-17(14-10-6-7-11-16(14)23-2)15(12-21-18)13-8-4-3-5-9-13/h3-12,21H,1-2H3,(H,20,22). The Balaban J connectivity index is 2.28. The van der Waals surface area contributed by atoms with E-state index in [1.165, 1.54) is 0 Å². The van der Waals surface area contributed by atoms with E-state index < -0.39 is 0 Å². The van der Waals surface area contributed by atoms with Gasteiger partial charge in [-0.1, -0.05) is 48.5 Å². The molecule has 0 aliphatic rings. The molecule has 0 bridgehead atoms. The second kappa shape index (κ2) is 6.40. The average Bonchev–Trinajstić information content (AvgIpc) is 3.06. The summed E-state index contributed by atoms with van der Waals surface area (Å²) in [7, 11) is 3.25. The maximum Gasteiger partial charge on any atom is 0.268 e. The van der Waals surface area contributed by atoms with Gasteiger partial charge < -0.3 is 15.0 Å². The maximum absolute atomic E-state index is 12.3. The highest BCUT2D eigenvalue weighted by Gasteiger charge is 2.21. The number of nitrogens with one attached hydrogen (secondary N) is 2. The van der Waals surface area contributed by atoms with Crippen molar-refractivity contribution in [3.63, 3.8) is 0 Å². The van der Waals surface area contributed by atoms with Crippen LogP contribution in [-0.2, 0) is 0 Å². The van der Waals surface area contributed by atoms with Crippen LogP contribution in [0.2, 0.25) is 0 Å². The van der Waals surface area contributed by atoms with Crippen LogP contribution in [0.25, 0.3) is 22.3 Å². The number of carbonyl (C=O) groups excluding carboxylic acids is 1. The molecule has 0 atom stereocenters. The van der Waals surface area contributed by atoms with Crippen LogP contribution in [0.4, 0.5) is 0 Å². The molecule has 23 heavy (non-hydrogen) atoms. The fraction of sp³-hybridized carbons (Fsp3) is 0.105. The summed E-state index contributed by atoms with van der Waals surface area (Å²) in [6.45, 7) is 0. The van der Waals surface area contributed by atoms with Crippen molar-refractivity contribution in [3.05, 3.63) is 66.5 Å². The number of aromatic nitrogens is 1. The monoisotopic (exact) mass is 306 g/mol. The summed E-state index contributed by atoms with van der Waals surface area (Å²) in [6, 6.07) is 17.7. The number of aromatic amines is 1. The summed E-state index contributed by atoms with van der Waals surface area (Å²) >= 11 is 0. The molecule has 0 saturated carbocycles. The van der Waals surface area contributed by atoms with Crippen molar-refractivity contribution in [1.29, 1.82) is 0 Å². The third-order valence-electron chi connectivity index (χ3n) is 3.80. The zero-order valence-corrected chi connectivity index (χ0v) is 13.1. The number of H-pyrrole nitrogens is 1. The van der Waals surface area contributed by atoms with Gasteiger partial charge in [-0.15, -0.1) is 0 Å². The third kappa shape index (κ3) is 2.71. The third-order valence-corrected chi connectivity index (χ3v) is 3.80. The number of methoxy groups -OCH3 is 1. The topological polar surface area (TPSA) is 54.1 Å². The van der Waals surface area contributed by atoms with Crippen molar-refractivity contribution in [2.45, 2.75) is 0 Å². The summed E-state index contributed by atoms with van der Waals surface area (Å²) in [5, 5.41) is 2.68. The summed E-state index contributed by atoms with van der Waals surface area (Å²) in [6.07, 6.45) is 1.86. The largest absolute Gasteiger partial charge is 0.496 e. The van der Waals surface area contributed by atoms with Crippen LogP contribution in [0.1, 0.15) is 10.5 Å². The first kappa shape index (κ1) is 14.9. The molecule has 0 unspecified atom stereocenters. The Hall–Kier alpha value is -3.01. The lowest BCUT2D eigenvalue weighted by molar-refractivity contribution is 0.0959. The van der Waals surface area contributed by atoms with Gasteiger partial charge in [-0.3, -0.25) is 4.79 Å². The zero-order chi connectivity index (χ0) is 16.2. The van der Waals surface area contributed by atoms with E-state index in [0.717, 1.165) is 28.0 Å². The van der Waals surface area contributed by atoms with E-state index in [4.69, 9.17) is 4.74 Å². The smallest absolute Gasteiger partial charge is 0.268 e. The molecular formula is C19H18N2O2.